The summed E-state index contributed by atoms with van der Waals surface area (Å²) >= 11 is 0. The maximum Gasteiger partial charge on any atom is 0.343 e. The van der Waals surface area contributed by atoms with E-state index >= 15 is 0 Å². The number of Topliss-reactive ketones (excluding diaryl/α,β-unsaturated/α-hetero) is 1. The fourth-order valence-corrected chi connectivity index (χ4v) is 3.91. The van der Waals surface area contributed by atoms with Gasteiger partial charge in [0.05, 0.1) is 11.1 Å². The topological polar surface area (TPSA) is 89.9 Å². The van der Waals surface area contributed by atoms with Gasteiger partial charge in [-0.25, -0.2) is 0 Å². The van der Waals surface area contributed by atoms with E-state index in [-0.39, 0.29) is 23.7 Å². The summed E-state index contributed by atoms with van der Waals surface area (Å²) in [6, 6.07) is 13.2. The molecule has 136 valence electrons. The van der Waals surface area contributed by atoms with E-state index in [1.165, 1.54) is 24.3 Å². The largest absolute Gasteiger partial charge is 0.507 e. The molecular formula is C20H14O6S. The van der Waals surface area contributed by atoms with Crippen LogP contribution in [0.4, 0.5) is 0 Å². The summed E-state index contributed by atoms with van der Waals surface area (Å²) in [6.45, 7) is 0.128. The summed E-state index contributed by atoms with van der Waals surface area (Å²) in [4.78, 5) is 12.0. The van der Waals surface area contributed by atoms with Gasteiger partial charge in [0.15, 0.2) is 10.7 Å². The molecule has 6 nitrogen and oxygen atoms in total. The highest BCUT2D eigenvalue weighted by molar-refractivity contribution is 7.92. The summed E-state index contributed by atoms with van der Waals surface area (Å²) in [6.07, 6.45) is 4.04. The van der Waals surface area contributed by atoms with Crippen LogP contribution in [-0.2, 0) is 10.1 Å². The van der Waals surface area contributed by atoms with Crippen molar-refractivity contribution in [2.24, 2.45) is 0 Å². The van der Waals surface area contributed by atoms with Gasteiger partial charge in [0.2, 0.25) is 5.78 Å². The van der Waals surface area contributed by atoms with Crippen molar-refractivity contribution >= 4 is 21.7 Å². The maximum absolute atomic E-state index is 12.5. The van der Waals surface area contributed by atoms with Gasteiger partial charge in [-0.3, -0.25) is 4.79 Å². The van der Waals surface area contributed by atoms with Crippen molar-refractivity contribution in [2.75, 3.05) is 6.61 Å². The van der Waals surface area contributed by atoms with Crippen molar-refractivity contribution in [3.8, 4) is 11.5 Å². The van der Waals surface area contributed by atoms with Crippen LogP contribution in [-0.4, -0.2) is 25.9 Å². The molecule has 0 aromatic heterocycles. The minimum Gasteiger partial charge on any atom is -0.507 e. The van der Waals surface area contributed by atoms with Crippen LogP contribution >= 0.6 is 0 Å². The van der Waals surface area contributed by atoms with E-state index < -0.39 is 20.8 Å². The zero-order chi connectivity index (χ0) is 19.0. The van der Waals surface area contributed by atoms with Crippen LogP contribution in [0.5, 0.6) is 11.5 Å². The lowest BCUT2D eigenvalue weighted by molar-refractivity contribution is 0.103. The predicted molar refractivity (Wildman–Crippen MR) is 99.0 cm³/mol. The van der Waals surface area contributed by atoms with Crippen molar-refractivity contribution < 1.29 is 27.2 Å². The minimum absolute atomic E-state index is 0.0151. The quantitative estimate of drug-likeness (QED) is 0.632. The lowest BCUT2D eigenvalue weighted by Gasteiger charge is -2.19. The number of rotatable bonds is 2. The summed E-state index contributed by atoms with van der Waals surface area (Å²) < 4.78 is 35.0. The number of aliphatic hydroxyl groups is 1. The molecular weight excluding hydrogens is 368 g/mol. The molecule has 0 fully saturated rings. The average Bonchev–Trinajstić information content (AvgIpc) is 2.66. The van der Waals surface area contributed by atoms with Crippen LogP contribution in [0, 0.1) is 0 Å². The lowest BCUT2D eigenvalue weighted by Crippen LogP contribution is -2.25. The Morgan fingerprint density at radius 3 is 2.41 bits per heavy atom. The number of hydrogen-bond donors (Lipinski definition) is 1. The molecule has 0 aliphatic carbocycles. The van der Waals surface area contributed by atoms with Gasteiger partial charge in [-0.15, -0.1) is 0 Å². The number of hydrogen-bond acceptors (Lipinski definition) is 6. The third kappa shape index (κ3) is 3.02. The van der Waals surface area contributed by atoms with Crippen LogP contribution in [0.1, 0.15) is 15.9 Å². The number of ketones is 1. The first-order chi connectivity index (χ1) is 13.0. The van der Waals surface area contributed by atoms with Gasteiger partial charge >= 0.3 is 10.1 Å². The van der Waals surface area contributed by atoms with Crippen LogP contribution in [0.3, 0.4) is 0 Å². The highest BCUT2D eigenvalue weighted by Gasteiger charge is 2.35. The van der Waals surface area contributed by atoms with Crippen molar-refractivity contribution in [3.63, 3.8) is 0 Å². The fraction of sp³-hybridized carbons (Fsp3) is 0.0500. The molecule has 2 aliphatic heterocycles. The molecule has 0 amide bonds. The predicted octanol–water partition coefficient (Wildman–Crippen LogP) is 3.39. The number of carbonyl (C=O) groups is 1. The first kappa shape index (κ1) is 17.1. The molecule has 0 saturated carbocycles. The Kier molecular flexibility index (Phi) is 4.08. The highest BCUT2D eigenvalue weighted by atomic mass is 32.2. The molecule has 0 atom stereocenters. The van der Waals surface area contributed by atoms with E-state index in [0.29, 0.717) is 16.9 Å². The van der Waals surface area contributed by atoms with E-state index in [4.69, 9.17) is 8.92 Å². The molecule has 4 rings (SSSR count). The van der Waals surface area contributed by atoms with Crippen molar-refractivity contribution in [1.29, 1.82) is 0 Å². The number of aliphatic hydroxyl groups excluding tert-OH is 1. The van der Waals surface area contributed by atoms with Crippen LogP contribution in [0.25, 0.3) is 5.76 Å². The second-order valence-electron chi connectivity index (χ2n) is 5.91. The minimum atomic E-state index is -4.20. The van der Waals surface area contributed by atoms with Crippen molar-refractivity contribution in [3.05, 3.63) is 88.4 Å². The smallest absolute Gasteiger partial charge is 0.343 e. The molecule has 2 aromatic carbocycles. The maximum atomic E-state index is 12.5. The van der Waals surface area contributed by atoms with Gasteiger partial charge in [0.25, 0.3) is 0 Å². The molecule has 27 heavy (non-hydrogen) atoms. The molecule has 0 bridgehead atoms. The standard InChI is InChI=1S/C20H14O6S/c21-19-13(12-25-16-9-3-1-7-14(16)19)6-5-11-18-20(22)15-8-2-4-10-17(15)26-27(18,23)24/h1-11,21H,12H2/b6-5?,18-11-. The lowest BCUT2D eigenvalue weighted by atomic mass is 10.0. The summed E-state index contributed by atoms with van der Waals surface area (Å²) in [7, 11) is -4.20. The number of carbonyl (C=O) groups excluding carboxylic acids is 1. The normalized spacial score (nSPS) is 19.4. The molecule has 2 aliphatic rings. The molecule has 2 aromatic rings. The number of ether oxygens (including phenoxy) is 1. The van der Waals surface area contributed by atoms with E-state index in [2.05, 4.69) is 0 Å². The molecule has 7 heteroatoms. The van der Waals surface area contributed by atoms with Crippen LogP contribution < -0.4 is 8.92 Å². The summed E-state index contributed by atoms with van der Waals surface area (Å²) in [5.41, 5.74) is 1.20. The fourth-order valence-electron chi connectivity index (χ4n) is 2.86. The monoisotopic (exact) mass is 382 g/mol. The molecule has 0 spiro atoms. The molecule has 0 saturated heterocycles. The van der Waals surface area contributed by atoms with Crippen molar-refractivity contribution in [2.45, 2.75) is 0 Å². The van der Waals surface area contributed by atoms with Gasteiger partial charge in [0.1, 0.15) is 18.1 Å². The van der Waals surface area contributed by atoms with Gasteiger partial charge in [0, 0.05) is 5.57 Å². The second kappa shape index (κ2) is 6.44. The Bertz CT molecular complexity index is 1140. The van der Waals surface area contributed by atoms with E-state index in [0.717, 1.165) is 6.08 Å². The summed E-state index contributed by atoms with van der Waals surface area (Å²) in [5.74, 6) is -0.00215. The zero-order valence-electron chi connectivity index (χ0n) is 14.0. The number of benzene rings is 2. The Balaban J connectivity index is 1.68. The number of allylic oxidation sites excluding steroid dienone is 3. The van der Waals surface area contributed by atoms with Crippen molar-refractivity contribution in [1.82, 2.24) is 0 Å². The highest BCUT2D eigenvalue weighted by Crippen LogP contribution is 2.33. The van der Waals surface area contributed by atoms with Gasteiger partial charge in [-0.1, -0.05) is 36.4 Å². The Morgan fingerprint density at radius 2 is 1.63 bits per heavy atom. The third-order valence-electron chi connectivity index (χ3n) is 4.20. The Hall–Kier alpha value is -3.32. The Labute approximate surface area is 155 Å². The van der Waals surface area contributed by atoms with Crippen LogP contribution in [0.2, 0.25) is 0 Å². The van der Waals surface area contributed by atoms with Gasteiger partial charge < -0.3 is 14.0 Å². The molecule has 0 radical (unpaired) electrons. The summed E-state index contributed by atoms with van der Waals surface area (Å²) in [5, 5.41) is 10.4. The molecule has 1 N–H and O–H groups in total. The number of para-hydroxylation sites is 2. The zero-order valence-corrected chi connectivity index (χ0v) is 14.8. The number of fused-ring (bicyclic) bond motifs is 2. The van der Waals surface area contributed by atoms with E-state index in [1.807, 2.05) is 0 Å². The van der Waals surface area contributed by atoms with E-state index in [1.54, 1.807) is 36.4 Å². The van der Waals surface area contributed by atoms with E-state index in [9.17, 15) is 18.3 Å². The van der Waals surface area contributed by atoms with Gasteiger partial charge in [-0.05, 0) is 30.3 Å². The SMILES string of the molecule is O=C1/C(=C/C=CC2=C(O)c3ccccc3OC2)S(=O)(=O)Oc2ccccc21. The third-order valence-corrected chi connectivity index (χ3v) is 5.46. The average molecular weight is 382 g/mol. The molecule has 0 unspecified atom stereocenters. The second-order valence-corrected chi connectivity index (χ2v) is 7.43. The molecule has 2 heterocycles. The van der Waals surface area contributed by atoms with Crippen LogP contribution in [0.15, 0.2) is 77.2 Å². The Morgan fingerprint density at radius 1 is 0.963 bits per heavy atom. The first-order valence-corrected chi connectivity index (χ1v) is 9.49. The first-order valence-electron chi connectivity index (χ1n) is 8.08. The van der Waals surface area contributed by atoms with Gasteiger partial charge in [-0.2, -0.15) is 8.42 Å².